The Morgan fingerprint density at radius 2 is 2.24 bits per heavy atom. The van der Waals surface area contributed by atoms with Crippen LogP contribution in [-0.4, -0.2) is 29.1 Å². The van der Waals surface area contributed by atoms with E-state index in [0.29, 0.717) is 37.2 Å². The van der Waals surface area contributed by atoms with Crippen molar-refractivity contribution in [2.45, 2.75) is 39.7 Å². The molecular weight excluding hydrogens is 288 g/mol. The average molecular weight is 308 g/mol. The van der Waals surface area contributed by atoms with Gasteiger partial charge in [-0.05, 0) is 19.4 Å². The van der Waals surface area contributed by atoms with Crippen LogP contribution in [0.2, 0.25) is 0 Å². The van der Waals surface area contributed by atoms with Crippen molar-refractivity contribution in [1.29, 1.82) is 0 Å². The minimum absolute atomic E-state index is 0.0525. The van der Waals surface area contributed by atoms with E-state index >= 15 is 0 Å². The molecule has 0 amide bonds. The lowest BCUT2D eigenvalue weighted by Crippen LogP contribution is -2.26. The zero-order valence-electron chi connectivity index (χ0n) is 12.6. The van der Waals surface area contributed by atoms with Gasteiger partial charge in [0.1, 0.15) is 16.4 Å². The number of fused-ring (bicyclic) bond motifs is 1. The smallest absolute Gasteiger partial charge is 0.262 e. The molecule has 0 saturated carbocycles. The Bertz CT molecular complexity index is 703. The first kappa shape index (κ1) is 15.9. The van der Waals surface area contributed by atoms with Gasteiger partial charge >= 0.3 is 0 Å². The highest BCUT2D eigenvalue weighted by molar-refractivity contribution is 7.18. The Balaban J connectivity index is 2.51. The number of Topliss-reactive ketones (excluding diaryl/α,β-unsaturated/α-hetero) is 1. The molecule has 0 unspecified atom stereocenters. The van der Waals surface area contributed by atoms with Gasteiger partial charge in [-0.3, -0.25) is 14.2 Å². The van der Waals surface area contributed by atoms with Gasteiger partial charge in [-0.1, -0.05) is 6.92 Å². The number of rotatable bonds is 7. The molecule has 2 rings (SSSR count). The zero-order valence-corrected chi connectivity index (χ0v) is 13.5. The van der Waals surface area contributed by atoms with Gasteiger partial charge in [0.15, 0.2) is 0 Å². The zero-order chi connectivity index (χ0) is 15.4. The molecule has 0 aliphatic heterocycles. The van der Waals surface area contributed by atoms with E-state index in [1.54, 1.807) is 23.0 Å². The van der Waals surface area contributed by atoms with Crippen LogP contribution in [0.3, 0.4) is 0 Å². The first-order valence-electron chi connectivity index (χ1n) is 7.07. The lowest BCUT2D eigenvalue weighted by atomic mass is 10.2. The maximum atomic E-state index is 12.6. The van der Waals surface area contributed by atoms with E-state index in [1.165, 1.54) is 6.92 Å². The molecule has 2 aromatic heterocycles. The summed E-state index contributed by atoms with van der Waals surface area (Å²) in [6, 6.07) is 1.92. The number of carbonyl (C=O) groups excluding carboxylic acids is 1. The van der Waals surface area contributed by atoms with Crippen LogP contribution in [0.1, 0.15) is 31.0 Å². The van der Waals surface area contributed by atoms with E-state index in [0.717, 1.165) is 16.1 Å². The Labute approximate surface area is 127 Å². The van der Waals surface area contributed by atoms with Gasteiger partial charge in [-0.2, -0.15) is 0 Å². The predicted molar refractivity (Wildman–Crippen MR) is 84.1 cm³/mol. The fraction of sp³-hybridized carbons (Fsp3) is 0.533. The van der Waals surface area contributed by atoms with Gasteiger partial charge in [0.25, 0.3) is 5.56 Å². The third-order valence-electron chi connectivity index (χ3n) is 3.35. The summed E-state index contributed by atoms with van der Waals surface area (Å²) < 4.78 is 6.71. The SMILES string of the molecule is CCc1cc2c(=O)n(CCC(C)=O)c(CCOC)nc2s1. The van der Waals surface area contributed by atoms with Crippen molar-refractivity contribution >= 4 is 27.3 Å². The van der Waals surface area contributed by atoms with Crippen LogP contribution in [0.25, 0.3) is 10.2 Å². The summed E-state index contributed by atoms with van der Waals surface area (Å²) in [6.07, 6.45) is 1.80. The number of ether oxygens (including phenoxy) is 1. The molecule has 6 heteroatoms. The number of hydrogen-bond donors (Lipinski definition) is 0. The number of aromatic nitrogens is 2. The highest BCUT2D eigenvalue weighted by Crippen LogP contribution is 2.22. The third kappa shape index (κ3) is 3.57. The first-order valence-corrected chi connectivity index (χ1v) is 7.89. The Hall–Kier alpha value is -1.53. The topological polar surface area (TPSA) is 61.2 Å². The number of hydrogen-bond acceptors (Lipinski definition) is 5. The number of ketones is 1. The maximum Gasteiger partial charge on any atom is 0.262 e. The highest BCUT2D eigenvalue weighted by Gasteiger charge is 2.14. The van der Waals surface area contributed by atoms with Crippen molar-refractivity contribution in [1.82, 2.24) is 9.55 Å². The lowest BCUT2D eigenvalue weighted by molar-refractivity contribution is -0.117. The number of carbonyl (C=O) groups is 1. The van der Waals surface area contributed by atoms with Crippen molar-refractivity contribution < 1.29 is 9.53 Å². The summed E-state index contributed by atoms with van der Waals surface area (Å²) >= 11 is 1.56. The van der Waals surface area contributed by atoms with Crippen molar-refractivity contribution in [3.63, 3.8) is 0 Å². The van der Waals surface area contributed by atoms with Crippen LogP contribution in [0.4, 0.5) is 0 Å². The molecule has 0 aliphatic carbocycles. The molecule has 21 heavy (non-hydrogen) atoms. The summed E-state index contributed by atoms with van der Waals surface area (Å²) in [5.41, 5.74) is -0.0525. The number of aryl methyl sites for hydroxylation is 1. The van der Waals surface area contributed by atoms with Gasteiger partial charge in [0, 0.05) is 31.4 Å². The molecule has 0 radical (unpaired) electrons. The van der Waals surface area contributed by atoms with Gasteiger partial charge < -0.3 is 4.74 Å². The monoisotopic (exact) mass is 308 g/mol. The molecule has 5 nitrogen and oxygen atoms in total. The minimum Gasteiger partial charge on any atom is -0.384 e. The second kappa shape index (κ2) is 6.95. The van der Waals surface area contributed by atoms with Crippen LogP contribution in [0, 0.1) is 0 Å². The fourth-order valence-electron chi connectivity index (χ4n) is 2.17. The highest BCUT2D eigenvalue weighted by atomic mass is 32.1. The van der Waals surface area contributed by atoms with E-state index in [1.807, 2.05) is 6.07 Å². The summed E-state index contributed by atoms with van der Waals surface area (Å²) in [4.78, 5) is 30.4. The van der Waals surface area contributed by atoms with Crippen LogP contribution in [-0.2, 0) is 28.9 Å². The molecule has 2 aromatic rings. The standard InChI is InChI=1S/C15H20N2O3S/c1-4-11-9-12-14(21-11)16-13(6-8-20-3)17(15(12)19)7-5-10(2)18/h9H,4-8H2,1-3H3. The van der Waals surface area contributed by atoms with Gasteiger partial charge in [0.05, 0.1) is 12.0 Å². The quantitative estimate of drug-likeness (QED) is 0.786. The predicted octanol–water partition coefficient (Wildman–Crippen LogP) is 2.19. The second-order valence-electron chi connectivity index (χ2n) is 4.96. The van der Waals surface area contributed by atoms with Crippen LogP contribution < -0.4 is 5.56 Å². The number of nitrogens with zero attached hydrogens (tertiary/aromatic N) is 2. The van der Waals surface area contributed by atoms with E-state index in [4.69, 9.17) is 4.74 Å². The average Bonchev–Trinajstić information content (AvgIpc) is 2.87. The Kier molecular flexibility index (Phi) is 5.25. The Morgan fingerprint density at radius 1 is 1.48 bits per heavy atom. The molecule has 114 valence electrons. The minimum atomic E-state index is -0.0525. The second-order valence-corrected chi connectivity index (χ2v) is 6.08. The van der Waals surface area contributed by atoms with Crippen LogP contribution in [0.5, 0.6) is 0 Å². The van der Waals surface area contributed by atoms with Crippen molar-refractivity contribution in [3.8, 4) is 0 Å². The molecule has 0 atom stereocenters. The maximum absolute atomic E-state index is 12.6. The molecular formula is C15H20N2O3S. The summed E-state index contributed by atoms with van der Waals surface area (Å²) in [6.45, 7) is 4.48. The molecule has 0 aliphatic rings. The van der Waals surface area contributed by atoms with E-state index in [-0.39, 0.29) is 11.3 Å². The van der Waals surface area contributed by atoms with Crippen molar-refractivity contribution in [2.24, 2.45) is 0 Å². The number of methoxy groups -OCH3 is 1. The van der Waals surface area contributed by atoms with E-state index < -0.39 is 0 Å². The van der Waals surface area contributed by atoms with Crippen molar-refractivity contribution in [3.05, 3.63) is 27.1 Å². The first-order chi connectivity index (χ1) is 10.1. The normalized spacial score (nSPS) is 11.2. The third-order valence-corrected chi connectivity index (χ3v) is 4.52. The molecule has 0 bridgehead atoms. The molecule has 2 heterocycles. The van der Waals surface area contributed by atoms with Crippen LogP contribution in [0.15, 0.2) is 10.9 Å². The lowest BCUT2D eigenvalue weighted by Gasteiger charge is -2.11. The van der Waals surface area contributed by atoms with Crippen molar-refractivity contribution in [2.75, 3.05) is 13.7 Å². The van der Waals surface area contributed by atoms with Crippen LogP contribution >= 0.6 is 11.3 Å². The molecule has 0 spiro atoms. The van der Waals surface area contributed by atoms with E-state index in [2.05, 4.69) is 11.9 Å². The summed E-state index contributed by atoms with van der Waals surface area (Å²) in [5, 5.41) is 0.654. The number of thiophene rings is 1. The van der Waals surface area contributed by atoms with Gasteiger partial charge in [-0.15, -0.1) is 11.3 Å². The molecule has 0 N–H and O–H groups in total. The molecule has 0 fully saturated rings. The summed E-state index contributed by atoms with van der Waals surface area (Å²) in [7, 11) is 1.62. The molecule has 0 aromatic carbocycles. The summed E-state index contributed by atoms with van der Waals surface area (Å²) in [5.74, 6) is 0.763. The Morgan fingerprint density at radius 3 is 2.86 bits per heavy atom. The largest absolute Gasteiger partial charge is 0.384 e. The van der Waals surface area contributed by atoms with Gasteiger partial charge in [0.2, 0.25) is 0 Å². The van der Waals surface area contributed by atoms with E-state index in [9.17, 15) is 9.59 Å². The fourth-order valence-corrected chi connectivity index (χ4v) is 3.14. The molecule has 0 saturated heterocycles. The van der Waals surface area contributed by atoms with Gasteiger partial charge in [-0.25, -0.2) is 4.98 Å².